The second-order valence-corrected chi connectivity index (χ2v) is 11.2. The number of benzene rings is 2. The normalized spacial score (nSPS) is 20.7. The lowest BCUT2D eigenvalue weighted by Crippen LogP contribution is -2.90. The first-order valence-electron chi connectivity index (χ1n) is 13.8. The third kappa shape index (κ3) is 5.99. The topological polar surface area (TPSA) is 107 Å². The SMILES string of the molecule is [B]C1([B])N(Cc2ccc(C(=O)Nc3ccc(C)c(Nc4nccc(-c5cccnc5)n4)c3)cc2)C([B])([B])C([B])(O)N(C)C1([B])[B]. The van der Waals surface area contributed by atoms with Crippen LogP contribution in [0.1, 0.15) is 21.5 Å². The second-order valence-electron chi connectivity index (χ2n) is 11.2. The number of pyridine rings is 1. The molecule has 2 aromatic carbocycles. The fourth-order valence-electron chi connectivity index (χ4n) is 5.00. The van der Waals surface area contributed by atoms with Crippen LogP contribution in [0.4, 0.5) is 17.3 Å². The lowest BCUT2D eigenvalue weighted by molar-refractivity contribution is -0.149. The maximum Gasteiger partial charge on any atom is 0.255 e. The van der Waals surface area contributed by atoms with Gasteiger partial charge in [0.2, 0.25) is 5.95 Å². The molecular formula is C29H24B7N7O2. The molecule has 2 aromatic heterocycles. The Kier molecular flexibility index (Phi) is 8.63. The van der Waals surface area contributed by atoms with Gasteiger partial charge < -0.3 is 20.6 Å². The summed E-state index contributed by atoms with van der Waals surface area (Å²) in [6.07, 6.45) is 5.08. The summed E-state index contributed by atoms with van der Waals surface area (Å²) in [5, 5.41) is 10.8. The summed E-state index contributed by atoms with van der Waals surface area (Å²) >= 11 is 0. The van der Waals surface area contributed by atoms with Gasteiger partial charge in [-0.1, -0.05) is 23.5 Å². The van der Waals surface area contributed by atoms with E-state index < -0.39 is 21.6 Å². The first-order valence-corrected chi connectivity index (χ1v) is 13.8. The van der Waals surface area contributed by atoms with Crippen molar-refractivity contribution in [1.82, 2.24) is 24.8 Å². The third-order valence-corrected chi connectivity index (χ3v) is 8.10. The number of hydrogen-bond acceptors (Lipinski definition) is 8. The molecule has 1 aliphatic heterocycles. The minimum atomic E-state index is -2.41. The number of anilines is 3. The van der Waals surface area contributed by atoms with Crippen LogP contribution < -0.4 is 10.6 Å². The van der Waals surface area contributed by atoms with Gasteiger partial charge in [0.1, 0.15) is 7.85 Å². The van der Waals surface area contributed by atoms with E-state index in [-0.39, 0.29) is 12.5 Å². The van der Waals surface area contributed by atoms with Gasteiger partial charge in [-0.05, 0) is 78.2 Å². The van der Waals surface area contributed by atoms with Crippen molar-refractivity contribution in [2.45, 2.75) is 35.1 Å². The van der Waals surface area contributed by atoms with E-state index in [0.717, 1.165) is 26.6 Å². The van der Waals surface area contributed by atoms with Crippen LogP contribution in [-0.2, 0) is 6.54 Å². The van der Waals surface area contributed by atoms with Crippen LogP contribution in [-0.4, -0.2) is 119 Å². The predicted octanol–water partition coefficient (Wildman–Crippen LogP) is 0.377. The summed E-state index contributed by atoms with van der Waals surface area (Å²) in [5.41, 5.74) is 2.30. The highest BCUT2D eigenvalue weighted by Crippen LogP contribution is 2.42. The summed E-state index contributed by atoms with van der Waals surface area (Å²) in [7, 11) is 44.8. The second kappa shape index (κ2) is 11.9. The Morgan fingerprint density at radius 2 is 1.62 bits per heavy atom. The van der Waals surface area contributed by atoms with Gasteiger partial charge in [-0.25, -0.2) is 9.97 Å². The van der Waals surface area contributed by atoms with Gasteiger partial charge in [-0.2, -0.15) is 0 Å². The molecule has 1 aliphatic rings. The zero-order valence-corrected chi connectivity index (χ0v) is 24.8. The number of nitrogens with one attached hydrogen (secondary N) is 2. The van der Waals surface area contributed by atoms with E-state index in [2.05, 4.69) is 25.6 Å². The van der Waals surface area contributed by atoms with Gasteiger partial charge in [0.05, 0.1) is 58.4 Å². The zero-order valence-electron chi connectivity index (χ0n) is 24.8. The molecule has 45 heavy (non-hydrogen) atoms. The highest BCUT2D eigenvalue weighted by atomic mass is 16.3. The van der Waals surface area contributed by atoms with E-state index >= 15 is 0 Å². The molecule has 1 saturated heterocycles. The number of aliphatic hydroxyl groups is 1. The highest BCUT2D eigenvalue weighted by Gasteiger charge is 2.60. The van der Waals surface area contributed by atoms with Crippen molar-refractivity contribution in [2.24, 2.45) is 0 Å². The van der Waals surface area contributed by atoms with Crippen LogP contribution in [0, 0.1) is 6.92 Å². The Morgan fingerprint density at radius 1 is 0.911 bits per heavy atom. The Morgan fingerprint density at radius 3 is 2.29 bits per heavy atom. The standard InChI is InChI=1S/C29H24B7N7O2/c1-17-5-10-21(14-23(17)41-25-38-13-11-22(40-25)20-4-3-12-37-15-20)39-24(44)19-8-6-18(7-9-19)16-43-27(32,33)26(30,31)42(2)29(36,45)28(43,34)35/h3-15,45H,16H2,1-2H3,(H,39,44)(H,38,40,41). The molecule has 0 aliphatic carbocycles. The van der Waals surface area contributed by atoms with E-state index in [0.29, 0.717) is 28.5 Å². The first kappa shape index (κ1) is 32.7. The van der Waals surface area contributed by atoms with Crippen LogP contribution in [0.5, 0.6) is 0 Å². The van der Waals surface area contributed by atoms with Crippen LogP contribution in [0.25, 0.3) is 11.3 Å². The summed E-state index contributed by atoms with van der Waals surface area (Å²) in [5.74, 6) is 0.0375. The largest absolute Gasteiger partial charge is 0.385 e. The summed E-state index contributed by atoms with van der Waals surface area (Å²) in [4.78, 5) is 28.2. The quantitative estimate of drug-likeness (QED) is 0.271. The van der Waals surface area contributed by atoms with Crippen molar-refractivity contribution in [1.29, 1.82) is 0 Å². The monoisotopic (exact) mass is 579 g/mol. The van der Waals surface area contributed by atoms with E-state index in [1.807, 2.05) is 25.1 Å². The van der Waals surface area contributed by atoms with Crippen molar-refractivity contribution < 1.29 is 9.90 Å². The van der Waals surface area contributed by atoms with E-state index in [4.69, 9.17) is 54.9 Å². The van der Waals surface area contributed by atoms with E-state index in [1.165, 1.54) is 7.05 Å². The summed E-state index contributed by atoms with van der Waals surface area (Å²) in [6, 6.07) is 17.5. The fourth-order valence-corrected chi connectivity index (χ4v) is 5.00. The number of carbonyl (C=O) groups is 1. The molecular weight excluding hydrogens is 554 g/mol. The number of nitrogens with zero attached hydrogens (tertiary/aromatic N) is 5. The molecule has 9 nitrogen and oxygen atoms in total. The molecule has 14 radical (unpaired) electrons. The number of hydrogen-bond donors (Lipinski definition) is 3. The molecule has 1 atom stereocenters. The number of aryl methyl sites for hydroxylation is 1. The number of amides is 1. The number of aromatic nitrogens is 3. The highest BCUT2D eigenvalue weighted by molar-refractivity contribution is 6.56. The lowest BCUT2D eigenvalue weighted by Gasteiger charge is -2.73. The van der Waals surface area contributed by atoms with Crippen LogP contribution in [0.2, 0.25) is 0 Å². The molecule has 0 spiro atoms. The number of carbonyl (C=O) groups excluding carboxylic acids is 1. The van der Waals surface area contributed by atoms with Gasteiger partial charge in [-0.3, -0.25) is 14.7 Å². The number of rotatable bonds is 7. The van der Waals surface area contributed by atoms with Gasteiger partial charge in [0.15, 0.2) is 0 Å². The zero-order chi connectivity index (χ0) is 32.8. The van der Waals surface area contributed by atoms with E-state index in [1.54, 1.807) is 61.1 Å². The van der Waals surface area contributed by atoms with Crippen molar-refractivity contribution in [3.05, 3.63) is 95.9 Å². The summed E-state index contributed by atoms with van der Waals surface area (Å²) in [6.45, 7) is 1.82. The third-order valence-electron chi connectivity index (χ3n) is 8.10. The fraction of sp³-hybridized carbons (Fsp3) is 0.241. The maximum atomic E-state index is 13.1. The average molecular weight is 578 g/mol. The molecule has 3 N–H and O–H groups in total. The number of likely N-dealkylation sites (N-methyl/N-ethyl adjacent to an activating group) is 1. The molecule has 1 amide bonds. The molecule has 0 bridgehead atoms. The Hall–Kier alpha value is -3.73. The van der Waals surface area contributed by atoms with Crippen molar-refractivity contribution in [3.8, 4) is 11.3 Å². The Balaban J connectivity index is 1.30. The Bertz CT molecular complexity index is 1680. The molecule has 4 aromatic rings. The maximum absolute atomic E-state index is 13.1. The first-order chi connectivity index (χ1) is 21.1. The predicted molar refractivity (Wildman–Crippen MR) is 181 cm³/mol. The smallest absolute Gasteiger partial charge is 0.255 e. The van der Waals surface area contributed by atoms with E-state index in [9.17, 15) is 9.90 Å². The molecule has 3 heterocycles. The molecule has 1 fully saturated rings. The Labute approximate surface area is 272 Å². The molecule has 0 saturated carbocycles. The summed E-state index contributed by atoms with van der Waals surface area (Å²) < 4.78 is 0. The minimum Gasteiger partial charge on any atom is -0.385 e. The molecule has 16 heteroatoms. The van der Waals surface area contributed by atoms with Crippen molar-refractivity contribution in [2.75, 3.05) is 17.7 Å². The van der Waals surface area contributed by atoms with Gasteiger partial charge in [0.25, 0.3) is 5.91 Å². The van der Waals surface area contributed by atoms with Crippen LogP contribution >= 0.6 is 0 Å². The average Bonchev–Trinajstić information content (AvgIpc) is 3.01. The van der Waals surface area contributed by atoms with Gasteiger partial charge in [0, 0.05) is 47.6 Å². The lowest BCUT2D eigenvalue weighted by atomic mass is 9.31. The van der Waals surface area contributed by atoms with Gasteiger partial charge in [-0.15, -0.1) is 0 Å². The molecule has 5 rings (SSSR count). The number of piperazine rings is 1. The van der Waals surface area contributed by atoms with Gasteiger partial charge >= 0.3 is 0 Å². The van der Waals surface area contributed by atoms with Crippen molar-refractivity contribution in [3.63, 3.8) is 0 Å². The van der Waals surface area contributed by atoms with Crippen LogP contribution in [0.15, 0.2) is 79.3 Å². The molecule has 1 unspecified atom stereocenters. The molecule has 208 valence electrons. The van der Waals surface area contributed by atoms with Crippen LogP contribution in [0.3, 0.4) is 0 Å². The minimum absolute atomic E-state index is 0.109. The van der Waals surface area contributed by atoms with Crippen molar-refractivity contribution >= 4 is 78.2 Å².